The van der Waals surface area contributed by atoms with Gasteiger partial charge in [0.25, 0.3) is 0 Å². The zero-order valence-electron chi connectivity index (χ0n) is 8.20. The van der Waals surface area contributed by atoms with Crippen LogP contribution < -0.4 is 0 Å². The van der Waals surface area contributed by atoms with Crippen LogP contribution in [0, 0.1) is 6.92 Å². The van der Waals surface area contributed by atoms with Crippen molar-refractivity contribution in [3.63, 3.8) is 0 Å². The van der Waals surface area contributed by atoms with E-state index in [1.165, 1.54) is 0 Å². The summed E-state index contributed by atoms with van der Waals surface area (Å²) in [4.78, 5) is 4.21. The minimum absolute atomic E-state index is 0.133. The molecule has 2 rings (SSSR count). The predicted octanol–water partition coefficient (Wildman–Crippen LogP) is 2.80. The molecular weight excluding hydrogens is 214 g/mol. The molecule has 15 heavy (non-hydrogen) atoms. The van der Waals surface area contributed by atoms with Gasteiger partial charge < -0.3 is 9.52 Å². The Labute approximate surface area is 92.3 Å². The van der Waals surface area contributed by atoms with Crippen LogP contribution in [0.1, 0.15) is 11.5 Å². The van der Waals surface area contributed by atoms with E-state index < -0.39 is 0 Å². The van der Waals surface area contributed by atoms with E-state index in [2.05, 4.69) is 4.98 Å². The van der Waals surface area contributed by atoms with Crippen molar-refractivity contribution in [2.45, 2.75) is 13.5 Å². The zero-order chi connectivity index (χ0) is 10.8. The maximum Gasteiger partial charge on any atom is 0.226 e. The summed E-state index contributed by atoms with van der Waals surface area (Å²) in [6, 6.07) is 7.20. The van der Waals surface area contributed by atoms with Crippen LogP contribution >= 0.6 is 11.6 Å². The highest BCUT2D eigenvalue weighted by Crippen LogP contribution is 2.23. The minimum atomic E-state index is -0.133. The maximum atomic E-state index is 8.97. The first kappa shape index (κ1) is 10.2. The molecule has 0 fully saturated rings. The number of hydrogen-bond donors (Lipinski definition) is 1. The Balaban J connectivity index is 2.41. The zero-order valence-corrected chi connectivity index (χ0v) is 8.95. The van der Waals surface area contributed by atoms with E-state index in [0.717, 1.165) is 5.56 Å². The molecule has 0 spiro atoms. The third kappa shape index (κ3) is 2.03. The molecule has 4 heteroatoms. The highest BCUT2D eigenvalue weighted by Gasteiger charge is 2.09. The number of oxazole rings is 1. The van der Waals surface area contributed by atoms with Gasteiger partial charge in [0, 0.05) is 10.6 Å². The van der Waals surface area contributed by atoms with E-state index in [1.807, 2.05) is 12.1 Å². The number of aliphatic hydroxyl groups is 1. The van der Waals surface area contributed by atoms with Crippen molar-refractivity contribution >= 4 is 11.6 Å². The van der Waals surface area contributed by atoms with Crippen LogP contribution in [0.5, 0.6) is 0 Å². The van der Waals surface area contributed by atoms with Gasteiger partial charge in [0.2, 0.25) is 5.89 Å². The minimum Gasteiger partial charge on any atom is -0.438 e. The fraction of sp³-hybridized carbons (Fsp3) is 0.182. The summed E-state index contributed by atoms with van der Waals surface area (Å²) in [5.74, 6) is 1.01. The van der Waals surface area contributed by atoms with E-state index in [-0.39, 0.29) is 6.61 Å². The maximum absolute atomic E-state index is 8.97. The van der Waals surface area contributed by atoms with Crippen LogP contribution in [-0.4, -0.2) is 10.1 Å². The van der Waals surface area contributed by atoms with Crippen molar-refractivity contribution in [3.05, 3.63) is 40.7 Å². The Kier molecular flexibility index (Phi) is 2.75. The van der Waals surface area contributed by atoms with Gasteiger partial charge in [0.15, 0.2) is 5.76 Å². The second-order valence-electron chi connectivity index (χ2n) is 3.19. The second kappa shape index (κ2) is 4.04. The fourth-order valence-electron chi connectivity index (χ4n) is 1.29. The normalized spacial score (nSPS) is 10.6. The molecule has 0 aliphatic carbocycles. The van der Waals surface area contributed by atoms with Gasteiger partial charge in [0.05, 0.1) is 5.69 Å². The molecule has 78 valence electrons. The SMILES string of the molecule is Cc1nc(-c2ccc(Cl)cc2)oc1CO. The fourth-order valence-corrected chi connectivity index (χ4v) is 1.42. The summed E-state index contributed by atoms with van der Waals surface area (Å²) in [5.41, 5.74) is 1.56. The van der Waals surface area contributed by atoms with Crippen molar-refractivity contribution in [1.82, 2.24) is 4.98 Å². The van der Waals surface area contributed by atoms with Crippen molar-refractivity contribution in [3.8, 4) is 11.5 Å². The van der Waals surface area contributed by atoms with Gasteiger partial charge in [-0.2, -0.15) is 0 Å². The average Bonchev–Trinajstić information content (AvgIpc) is 2.61. The lowest BCUT2D eigenvalue weighted by atomic mass is 10.2. The predicted molar refractivity (Wildman–Crippen MR) is 57.6 cm³/mol. The number of halogens is 1. The van der Waals surface area contributed by atoms with Gasteiger partial charge in [-0.05, 0) is 31.2 Å². The Bertz CT molecular complexity index is 462. The molecule has 0 saturated carbocycles. The van der Waals surface area contributed by atoms with Crippen LogP contribution in [0.2, 0.25) is 5.02 Å². The Hall–Kier alpha value is -1.32. The van der Waals surface area contributed by atoms with E-state index in [4.69, 9.17) is 21.1 Å². The van der Waals surface area contributed by atoms with Crippen molar-refractivity contribution < 1.29 is 9.52 Å². The second-order valence-corrected chi connectivity index (χ2v) is 3.63. The molecule has 1 aromatic heterocycles. The molecule has 2 aromatic rings. The summed E-state index contributed by atoms with van der Waals surface area (Å²) in [6.45, 7) is 1.67. The lowest BCUT2D eigenvalue weighted by Crippen LogP contribution is -1.81. The van der Waals surface area contributed by atoms with Crippen LogP contribution in [0.4, 0.5) is 0 Å². The van der Waals surface area contributed by atoms with E-state index in [0.29, 0.717) is 22.4 Å². The van der Waals surface area contributed by atoms with E-state index in [1.54, 1.807) is 19.1 Å². The lowest BCUT2D eigenvalue weighted by molar-refractivity contribution is 0.247. The highest BCUT2D eigenvalue weighted by atomic mass is 35.5. The third-order valence-electron chi connectivity index (χ3n) is 2.13. The van der Waals surface area contributed by atoms with Crippen LogP contribution in [0.3, 0.4) is 0 Å². The molecule has 0 aliphatic heterocycles. The Morgan fingerprint density at radius 2 is 2.00 bits per heavy atom. The van der Waals surface area contributed by atoms with Gasteiger partial charge in [-0.25, -0.2) is 4.98 Å². The van der Waals surface area contributed by atoms with Gasteiger partial charge in [-0.15, -0.1) is 0 Å². The first-order valence-electron chi connectivity index (χ1n) is 4.54. The van der Waals surface area contributed by atoms with E-state index >= 15 is 0 Å². The Morgan fingerprint density at radius 1 is 1.33 bits per heavy atom. The molecule has 0 amide bonds. The highest BCUT2D eigenvalue weighted by molar-refractivity contribution is 6.30. The van der Waals surface area contributed by atoms with Gasteiger partial charge in [-0.3, -0.25) is 0 Å². The van der Waals surface area contributed by atoms with Crippen LogP contribution in [-0.2, 0) is 6.61 Å². The summed E-state index contributed by atoms with van der Waals surface area (Å²) in [6.07, 6.45) is 0. The van der Waals surface area contributed by atoms with Gasteiger partial charge in [0.1, 0.15) is 6.61 Å². The first-order valence-corrected chi connectivity index (χ1v) is 4.91. The van der Waals surface area contributed by atoms with E-state index in [9.17, 15) is 0 Å². The number of nitrogens with zero attached hydrogens (tertiary/aromatic N) is 1. The molecular formula is C11H10ClNO2. The van der Waals surface area contributed by atoms with Gasteiger partial charge >= 0.3 is 0 Å². The monoisotopic (exact) mass is 223 g/mol. The smallest absolute Gasteiger partial charge is 0.226 e. The molecule has 0 atom stereocenters. The molecule has 0 saturated heterocycles. The average molecular weight is 224 g/mol. The number of hydrogen-bond acceptors (Lipinski definition) is 3. The summed E-state index contributed by atoms with van der Waals surface area (Å²) in [5, 5.41) is 9.64. The third-order valence-corrected chi connectivity index (χ3v) is 2.38. The molecule has 3 nitrogen and oxygen atoms in total. The molecule has 0 radical (unpaired) electrons. The lowest BCUT2D eigenvalue weighted by Gasteiger charge is -1.94. The molecule has 1 heterocycles. The largest absolute Gasteiger partial charge is 0.438 e. The van der Waals surface area contributed by atoms with Crippen molar-refractivity contribution in [2.75, 3.05) is 0 Å². The Morgan fingerprint density at radius 3 is 2.53 bits per heavy atom. The van der Waals surface area contributed by atoms with Crippen LogP contribution in [0.25, 0.3) is 11.5 Å². The van der Waals surface area contributed by atoms with Crippen LogP contribution in [0.15, 0.2) is 28.7 Å². The van der Waals surface area contributed by atoms with Crippen molar-refractivity contribution in [1.29, 1.82) is 0 Å². The quantitative estimate of drug-likeness (QED) is 0.852. The van der Waals surface area contributed by atoms with Crippen molar-refractivity contribution in [2.24, 2.45) is 0 Å². The summed E-state index contributed by atoms with van der Waals surface area (Å²) < 4.78 is 5.39. The summed E-state index contributed by atoms with van der Waals surface area (Å²) >= 11 is 5.77. The number of aliphatic hydroxyl groups excluding tert-OH is 1. The molecule has 0 bridgehead atoms. The molecule has 1 N–H and O–H groups in total. The number of aryl methyl sites for hydroxylation is 1. The number of benzene rings is 1. The molecule has 1 aromatic carbocycles. The first-order chi connectivity index (χ1) is 7.20. The molecule has 0 unspecified atom stereocenters. The number of rotatable bonds is 2. The standard InChI is InChI=1S/C11H10ClNO2/c1-7-10(6-14)15-11(13-7)8-2-4-9(12)5-3-8/h2-5,14H,6H2,1H3. The topological polar surface area (TPSA) is 46.3 Å². The molecule has 0 aliphatic rings. The van der Waals surface area contributed by atoms with Gasteiger partial charge in [-0.1, -0.05) is 11.6 Å². The number of aromatic nitrogens is 1. The summed E-state index contributed by atoms with van der Waals surface area (Å²) in [7, 11) is 0.